The number of nitrogens with two attached hydrogens (primary N) is 1. The Labute approximate surface area is 166 Å². The Morgan fingerprint density at radius 2 is 1.72 bits per heavy atom. The molecule has 0 unspecified atom stereocenters. The smallest absolute Gasteiger partial charge is 0.252 e. The predicted molar refractivity (Wildman–Crippen MR) is 106 cm³/mol. The number of amides is 1. The summed E-state index contributed by atoms with van der Waals surface area (Å²) >= 11 is 0. The van der Waals surface area contributed by atoms with Gasteiger partial charge < -0.3 is 30.0 Å². The maximum atomic E-state index is 12.8. The average Bonchev–Trinajstić information content (AvgIpc) is 3.47. The summed E-state index contributed by atoms with van der Waals surface area (Å²) in [6.07, 6.45) is 0.604. The summed E-state index contributed by atoms with van der Waals surface area (Å²) in [4.78, 5) is 12.8. The molecule has 0 aliphatic carbocycles. The van der Waals surface area contributed by atoms with Gasteiger partial charge in [-0.3, -0.25) is 4.79 Å². The van der Waals surface area contributed by atoms with Gasteiger partial charge in [-0.25, -0.2) is 0 Å². The lowest BCUT2D eigenvalue weighted by Crippen LogP contribution is -2.15. The summed E-state index contributed by atoms with van der Waals surface area (Å²) in [5.41, 5.74) is 10.4. The van der Waals surface area contributed by atoms with Gasteiger partial charge in [0.1, 0.15) is 0 Å². The number of fused-ring (bicyclic) bond motifs is 5. The number of rotatable bonds is 3. The molecule has 0 atom stereocenters. The van der Waals surface area contributed by atoms with Gasteiger partial charge >= 0.3 is 0 Å². The Bertz CT molecular complexity index is 1200. The molecule has 0 aromatic heterocycles. The highest BCUT2D eigenvalue weighted by Crippen LogP contribution is 2.49. The van der Waals surface area contributed by atoms with E-state index in [1.807, 2.05) is 30.3 Å². The molecule has 29 heavy (non-hydrogen) atoms. The quantitative estimate of drug-likeness (QED) is 0.715. The third-order valence-corrected chi connectivity index (χ3v) is 5.73. The van der Waals surface area contributed by atoms with Crippen molar-refractivity contribution in [2.45, 2.75) is 13.0 Å². The van der Waals surface area contributed by atoms with E-state index in [1.54, 1.807) is 0 Å². The van der Waals surface area contributed by atoms with Crippen LogP contribution in [0.4, 0.5) is 0 Å². The molecule has 1 amide bonds. The van der Waals surface area contributed by atoms with Gasteiger partial charge in [-0.15, -0.1) is 0 Å². The Morgan fingerprint density at radius 1 is 0.931 bits per heavy atom. The van der Waals surface area contributed by atoms with Gasteiger partial charge in [0.25, 0.3) is 5.91 Å². The second kappa shape index (κ2) is 6.02. The lowest BCUT2D eigenvalue weighted by atomic mass is 9.85. The second-order valence-electron chi connectivity index (χ2n) is 7.22. The van der Waals surface area contributed by atoms with Crippen LogP contribution in [0.1, 0.15) is 21.5 Å². The number of hydrogen-bond acceptors (Lipinski definition) is 6. The lowest BCUT2D eigenvalue weighted by Gasteiger charge is -2.18. The fourth-order valence-corrected chi connectivity index (χ4v) is 4.55. The van der Waals surface area contributed by atoms with E-state index < -0.39 is 0 Å². The molecule has 7 heteroatoms. The molecule has 0 saturated heterocycles. The van der Waals surface area contributed by atoms with Crippen molar-refractivity contribution in [2.75, 3.05) is 20.1 Å². The van der Waals surface area contributed by atoms with Crippen LogP contribution in [0, 0.1) is 0 Å². The number of nitrogens with one attached hydrogen (secondary N) is 1. The standard InChI is InChI=1S/C22H18N2O5/c23-6-5-13-12-2-4-16-21(29-10-27-16)20(12)18(14-8-24-22(25)19(13)14)11-1-3-15-17(7-11)28-9-26-15/h1-4,7H,5-6,8-10,23H2,(H,24,25). The number of ether oxygens (including phenoxy) is 4. The molecule has 0 saturated carbocycles. The summed E-state index contributed by atoms with van der Waals surface area (Å²) in [7, 11) is 0. The Balaban J connectivity index is 1.75. The lowest BCUT2D eigenvalue weighted by molar-refractivity contribution is 0.0965. The van der Waals surface area contributed by atoms with Crippen LogP contribution in [0.15, 0.2) is 30.3 Å². The number of carbonyl (C=O) groups is 1. The maximum Gasteiger partial charge on any atom is 0.252 e. The highest BCUT2D eigenvalue weighted by atomic mass is 16.7. The molecule has 3 aliphatic rings. The molecule has 6 rings (SSSR count). The normalized spacial score (nSPS) is 15.7. The molecular weight excluding hydrogens is 372 g/mol. The van der Waals surface area contributed by atoms with E-state index in [1.165, 1.54) is 0 Å². The molecule has 0 spiro atoms. The van der Waals surface area contributed by atoms with Crippen LogP contribution in [0.5, 0.6) is 23.0 Å². The molecular formula is C22H18N2O5. The molecule has 0 radical (unpaired) electrons. The van der Waals surface area contributed by atoms with E-state index in [4.69, 9.17) is 24.7 Å². The van der Waals surface area contributed by atoms with Crippen LogP contribution in [0.25, 0.3) is 21.9 Å². The van der Waals surface area contributed by atoms with E-state index >= 15 is 0 Å². The SMILES string of the molecule is NCCc1c2c(c(-c3ccc4c(c3)OCO4)c3c4c(ccc13)OCO4)CNC2=O. The second-order valence-corrected chi connectivity index (χ2v) is 7.22. The van der Waals surface area contributed by atoms with Crippen LogP contribution in [-0.4, -0.2) is 26.0 Å². The molecule has 3 aromatic carbocycles. The van der Waals surface area contributed by atoms with Crippen LogP contribution in [0.3, 0.4) is 0 Å². The molecule has 3 aliphatic heterocycles. The topological polar surface area (TPSA) is 92.0 Å². The van der Waals surface area contributed by atoms with E-state index in [0.29, 0.717) is 42.5 Å². The van der Waals surface area contributed by atoms with Crippen molar-refractivity contribution in [3.05, 3.63) is 47.0 Å². The van der Waals surface area contributed by atoms with Crippen molar-refractivity contribution < 1.29 is 23.7 Å². The summed E-state index contributed by atoms with van der Waals surface area (Å²) in [6.45, 7) is 1.29. The van der Waals surface area contributed by atoms with Crippen molar-refractivity contribution in [1.29, 1.82) is 0 Å². The first-order valence-electron chi connectivity index (χ1n) is 9.54. The summed E-state index contributed by atoms with van der Waals surface area (Å²) in [5, 5.41) is 4.88. The van der Waals surface area contributed by atoms with Crippen LogP contribution >= 0.6 is 0 Å². The van der Waals surface area contributed by atoms with Crippen LogP contribution in [0.2, 0.25) is 0 Å². The van der Waals surface area contributed by atoms with E-state index in [-0.39, 0.29) is 19.5 Å². The number of hydrogen-bond donors (Lipinski definition) is 2. The zero-order valence-corrected chi connectivity index (χ0v) is 15.5. The minimum Gasteiger partial charge on any atom is -0.454 e. The first kappa shape index (κ1) is 16.5. The fourth-order valence-electron chi connectivity index (χ4n) is 4.55. The third kappa shape index (κ3) is 2.25. The number of benzene rings is 3. The van der Waals surface area contributed by atoms with Gasteiger partial charge in [-0.1, -0.05) is 12.1 Å². The van der Waals surface area contributed by atoms with Gasteiger partial charge in [0, 0.05) is 17.5 Å². The van der Waals surface area contributed by atoms with Crippen molar-refractivity contribution >= 4 is 16.7 Å². The highest BCUT2D eigenvalue weighted by molar-refractivity contribution is 6.14. The summed E-state index contributed by atoms with van der Waals surface area (Å²) in [6, 6.07) is 9.74. The molecule has 0 bridgehead atoms. The molecule has 3 N–H and O–H groups in total. The zero-order valence-electron chi connectivity index (χ0n) is 15.5. The fraction of sp³-hybridized carbons (Fsp3) is 0.227. The maximum absolute atomic E-state index is 12.8. The molecule has 3 aromatic rings. The van der Waals surface area contributed by atoms with Crippen molar-refractivity contribution in [3.8, 4) is 34.1 Å². The van der Waals surface area contributed by atoms with E-state index in [0.717, 1.165) is 38.6 Å². The number of carbonyl (C=O) groups excluding carboxylic acids is 1. The monoisotopic (exact) mass is 390 g/mol. The van der Waals surface area contributed by atoms with Crippen LogP contribution in [-0.2, 0) is 13.0 Å². The first-order chi connectivity index (χ1) is 14.3. The minimum absolute atomic E-state index is 0.0648. The van der Waals surface area contributed by atoms with Gasteiger partial charge in [0.05, 0.1) is 0 Å². The van der Waals surface area contributed by atoms with Crippen molar-refractivity contribution in [1.82, 2.24) is 5.32 Å². The predicted octanol–water partition coefficient (Wildman–Crippen LogP) is 2.71. The van der Waals surface area contributed by atoms with Gasteiger partial charge in [-0.05, 0) is 58.8 Å². The highest BCUT2D eigenvalue weighted by Gasteiger charge is 2.32. The third-order valence-electron chi connectivity index (χ3n) is 5.73. The van der Waals surface area contributed by atoms with E-state index in [9.17, 15) is 4.79 Å². The summed E-state index contributed by atoms with van der Waals surface area (Å²) in [5.74, 6) is 2.75. The van der Waals surface area contributed by atoms with Crippen molar-refractivity contribution in [3.63, 3.8) is 0 Å². The Hall–Kier alpha value is -3.45. The zero-order chi connectivity index (χ0) is 19.5. The molecule has 146 valence electrons. The van der Waals surface area contributed by atoms with E-state index in [2.05, 4.69) is 5.32 Å². The Kier molecular flexibility index (Phi) is 3.43. The minimum atomic E-state index is -0.0648. The molecule has 7 nitrogen and oxygen atoms in total. The average molecular weight is 390 g/mol. The largest absolute Gasteiger partial charge is 0.454 e. The van der Waals surface area contributed by atoms with Gasteiger partial charge in [0.15, 0.2) is 23.0 Å². The van der Waals surface area contributed by atoms with Crippen molar-refractivity contribution in [2.24, 2.45) is 5.73 Å². The van der Waals surface area contributed by atoms with Gasteiger partial charge in [0.2, 0.25) is 13.6 Å². The molecule has 0 fully saturated rings. The van der Waals surface area contributed by atoms with Crippen LogP contribution < -0.4 is 30.0 Å². The summed E-state index contributed by atoms with van der Waals surface area (Å²) < 4.78 is 22.6. The first-order valence-corrected chi connectivity index (χ1v) is 9.54. The Morgan fingerprint density at radius 3 is 2.62 bits per heavy atom. The molecule has 3 heterocycles. The van der Waals surface area contributed by atoms with Gasteiger partial charge in [-0.2, -0.15) is 0 Å².